The average molecular weight is 168 g/mol. The summed E-state index contributed by atoms with van der Waals surface area (Å²) < 4.78 is 5.14. The van der Waals surface area contributed by atoms with Gasteiger partial charge in [0.25, 0.3) is 0 Å². The van der Waals surface area contributed by atoms with Crippen molar-refractivity contribution in [2.75, 3.05) is 0 Å². The van der Waals surface area contributed by atoms with Crippen LogP contribution in [-0.2, 0) is 0 Å². The van der Waals surface area contributed by atoms with E-state index in [0.29, 0.717) is 10.6 Å². The number of furan rings is 1. The van der Waals surface area contributed by atoms with Gasteiger partial charge in [-0.05, 0) is 12.5 Å². The predicted octanol–water partition coefficient (Wildman–Crippen LogP) is 2.79. The van der Waals surface area contributed by atoms with Crippen LogP contribution in [0, 0.1) is 6.92 Å². The molecule has 0 aliphatic heterocycles. The van der Waals surface area contributed by atoms with Crippen LogP contribution in [0.1, 0.15) is 5.56 Å². The third-order valence-electron chi connectivity index (χ3n) is 1.59. The van der Waals surface area contributed by atoms with E-state index in [2.05, 4.69) is 4.98 Å². The molecule has 2 aromatic heterocycles. The van der Waals surface area contributed by atoms with Crippen LogP contribution in [-0.4, -0.2) is 4.98 Å². The van der Waals surface area contributed by atoms with Gasteiger partial charge in [0.1, 0.15) is 5.52 Å². The molecule has 0 amide bonds. The lowest BCUT2D eigenvalue weighted by atomic mass is 10.3. The van der Waals surface area contributed by atoms with E-state index >= 15 is 0 Å². The third kappa shape index (κ3) is 0.906. The molecule has 0 saturated carbocycles. The molecule has 0 N–H and O–H groups in total. The molecule has 3 heteroatoms. The number of hydrogen-bond donors (Lipinski definition) is 0. The molecule has 0 aliphatic rings. The maximum atomic E-state index is 5.93. The topological polar surface area (TPSA) is 26.0 Å². The van der Waals surface area contributed by atoms with E-state index in [9.17, 15) is 0 Å². The van der Waals surface area contributed by atoms with Gasteiger partial charge in [0, 0.05) is 12.3 Å². The smallest absolute Gasteiger partial charge is 0.171 e. The van der Waals surface area contributed by atoms with E-state index in [1.807, 2.05) is 6.92 Å². The maximum Gasteiger partial charge on any atom is 0.171 e. The molecule has 11 heavy (non-hydrogen) atoms. The minimum atomic E-state index is 0.653. The lowest BCUT2D eigenvalue weighted by molar-refractivity contribution is 0.615. The normalized spacial score (nSPS) is 10.7. The van der Waals surface area contributed by atoms with Gasteiger partial charge in [0.2, 0.25) is 0 Å². The van der Waals surface area contributed by atoms with Crippen molar-refractivity contribution in [3.8, 4) is 0 Å². The Morgan fingerprint density at radius 3 is 3.18 bits per heavy atom. The van der Waals surface area contributed by atoms with Crippen LogP contribution in [0.2, 0.25) is 5.02 Å². The molecular weight excluding hydrogens is 162 g/mol. The third-order valence-corrected chi connectivity index (χ3v) is 2.06. The van der Waals surface area contributed by atoms with Crippen molar-refractivity contribution in [3.05, 3.63) is 29.1 Å². The van der Waals surface area contributed by atoms with Gasteiger partial charge in [-0.15, -0.1) is 0 Å². The van der Waals surface area contributed by atoms with Crippen molar-refractivity contribution in [2.45, 2.75) is 6.92 Å². The summed E-state index contributed by atoms with van der Waals surface area (Å²) in [6, 6.07) is 1.79. The minimum Gasteiger partial charge on any atom is -0.461 e. The number of fused-ring (bicyclic) bond motifs is 1. The first-order valence-corrected chi connectivity index (χ1v) is 3.65. The van der Waals surface area contributed by atoms with Gasteiger partial charge in [-0.1, -0.05) is 11.6 Å². The van der Waals surface area contributed by atoms with Crippen molar-refractivity contribution in [3.63, 3.8) is 0 Å². The average Bonchev–Trinajstić information content (AvgIpc) is 2.45. The van der Waals surface area contributed by atoms with Crippen LogP contribution in [0.5, 0.6) is 0 Å². The molecule has 0 aliphatic carbocycles. The molecule has 2 nitrogen and oxygen atoms in total. The lowest BCUT2D eigenvalue weighted by Gasteiger charge is -1.94. The summed E-state index contributed by atoms with van der Waals surface area (Å²) in [5, 5.41) is 0.653. The summed E-state index contributed by atoms with van der Waals surface area (Å²) in [5.74, 6) is 0. The number of pyridine rings is 1. The molecule has 56 valence electrons. The molecule has 0 aromatic carbocycles. The molecule has 0 radical (unpaired) electrons. The highest BCUT2D eigenvalue weighted by molar-refractivity contribution is 6.35. The first-order valence-electron chi connectivity index (χ1n) is 3.27. The van der Waals surface area contributed by atoms with E-state index in [-0.39, 0.29) is 0 Å². The Labute approximate surface area is 68.8 Å². The Morgan fingerprint density at radius 1 is 1.55 bits per heavy atom. The fourth-order valence-corrected chi connectivity index (χ4v) is 1.16. The van der Waals surface area contributed by atoms with Gasteiger partial charge in [-0.25, -0.2) is 0 Å². The van der Waals surface area contributed by atoms with E-state index < -0.39 is 0 Å². The highest BCUT2D eigenvalue weighted by atomic mass is 35.5. The number of aromatic nitrogens is 1. The van der Waals surface area contributed by atoms with E-state index in [1.165, 1.54) is 0 Å². The molecule has 2 heterocycles. The summed E-state index contributed by atoms with van der Waals surface area (Å²) >= 11 is 5.93. The molecule has 0 atom stereocenters. The fourth-order valence-electron chi connectivity index (χ4n) is 0.971. The van der Waals surface area contributed by atoms with Gasteiger partial charge in [0.05, 0.1) is 11.3 Å². The van der Waals surface area contributed by atoms with Gasteiger partial charge in [-0.3, -0.25) is 4.98 Å². The van der Waals surface area contributed by atoms with Gasteiger partial charge >= 0.3 is 0 Å². The SMILES string of the molecule is Cc1cnc2ccoc2c1Cl. The highest BCUT2D eigenvalue weighted by Gasteiger charge is 2.04. The summed E-state index contributed by atoms with van der Waals surface area (Å²) in [6.07, 6.45) is 3.32. The van der Waals surface area contributed by atoms with Gasteiger partial charge in [0.15, 0.2) is 5.58 Å². The van der Waals surface area contributed by atoms with Crippen LogP contribution in [0.3, 0.4) is 0 Å². The minimum absolute atomic E-state index is 0.653. The second kappa shape index (κ2) is 2.24. The van der Waals surface area contributed by atoms with Crippen LogP contribution in [0.25, 0.3) is 11.1 Å². The van der Waals surface area contributed by atoms with E-state index in [0.717, 1.165) is 11.1 Å². The summed E-state index contributed by atoms with van der Waals surface area (Å²) in [7, 11) is 0. The quantitative estimate of drug-likeness (QED) is 0.603. The molecule has 2 aromatic rings. The number of nitrogens with zero attached hydrogens (tertiary/aromatic N) is 1. The molecule has 0 unspecified atom stereocenters. The van der Waals surface area contributed by atoms with Crippen molar-refractivity contribution < 1.29 is 4.42 Å². The Hall–Kier alpha value is -1.02. The number of hydrogen-bond acceptors (Lipinski definition) is 2. The van der Waals surface area contributed by atoms with E-state index in [4.69, 9.17) is 16.0 Å². The van der Waals surface area contributed by atoms with Crippen molar-refractivity contribution in [1.82, 2.24) is 4.98 Å². The molecule has 0 fully saturated rings. The van der Waals surface area contributed by atoms with Crippen molar-refractivity contribution >= 4 is 22.7 Å². The van der Waals surface area contributed by atoms with Gasteiger partial charge < -0.3 is 4.42 Å². The second-order valence-corrected chi connectivity index (χ2v) is 2.77. The monoisotopic (exact) mass is 167 g/mol. The molecule has 0 bridgehead atoms. The Kier molecular flexibility index (Phi) is 1.36. The molecule has 2 rings (SSSR count). The Bertz CT molecular complexity index is 394. The summed E-state index contributed by atoms with van der Waals surface area (Å²) in [6.45, 7) is 1.90. The standard InChI is InChI=1S/C8H6ClNO/c1-5-4-10-6-2-3-11-8(6)7(5)9/h2-4H,1H3. The number of rotatable bonds is 0. The number of aryl methyl sites for hydroxylation is 1. The first kappa shape index (κ1) is 6.68. The molecule has 0 spiro atoms. The number of halogens is 1. The van der Waals surface area contributed by atoms with Crippen molar-refractivity contribution in [2.24, 2.45) is 0 Å². The van der Waals surface area contributed by atoms with Crippen LogP contribution in [0.4, 0.5) is 0 Å². The lowest BCUT2D eigenvalue weighted by Crippen LogP contribution is -1.78. The second-order valence-electron chi connectivity index (χ2n) is 2.39. The fraction of sp³-hybridized carbons (Fsp3) is 0.125. The zero-order valence-electron chi connectivity index (χ0n) is 5.97. The largest absolute Gasteiger partial charge is 0.461 e. The van der Waals surface area contributed by atoms with Crippen LogP contribution in [0.15, 0.2) is 22.9 Å². The van der Waals surface area contributed by atoms with Crippen LogP contribution >= 0.6 is 11.6 Å². The Morgan fingerprint density at radius 2 is 2.36 bits per heavy atom. The maximum absolute atomic E-state index is 5.93. The van der Waals surface area contributed by atoms with Crippen molar-refractivity contribution in [1.29, 1.82) is 0 Å². The first-order chi connectivity index (χ1) is 5.29. The highest BCUT2D eigenvalue weighted by Crippen LogP contribution is 2.25. The van der Waals surface area contributed by atoms with Gasteiger partial charge in [-0.2, -0.15) is 0 Å². The zero-order valence-corrected chi connectivity index (χ0v) is 6.72. The molecule has 0 saturated heterocycles. The molecular formula is C8H6ClNO. The summed E-state index contributed by atoms with van der Waals surface area (Å²) in [4.78, 5) is 4.12. The summed E-state index contributed by atoms with van der Waals surface area (Å²) in [5.41, 5.74) is 2.42. The predicted molar refractivity (Wildman–Crippen MR) is 43.8 cm³/mol. The van der Waals surface area contributed by atoms with Crippen LogP contribution < -0.4 is 0 Å². The Balaban J connectivity index is 2.93. The zero-order chi connectivity index (χ0) is 7.84. The van der Waals surface area contributed by atoms with E-state index in [1.54, 1.807) is 18.5 Å².